The molecule has 0 spiro atoms. The number of unbranched alkanes of at least 4 members (excludes halogenated alkanes) is 32. The van der Waals surface area contributed by atoms with Crippen LogP contribution in [0.1, 0.15) is 265 Å². The van der Waals surface area contributed by atoms with Gasteiger partial charge >= 0.3 is 17.9 Å². The van der Waals surface area contributed by atoms with Crippen LogP contribution in [0, 0.1) is 0 Å². The Labute approximate surface area is 329 Å². The molecular formula is C47H90O6. The molecule has 0 heterocycles. The van der Waals surface area contributed by atoms with E-state index < -0.39 is 6.10 Å². The predicted octanol–water partition coefficient (Wildman–Crippen LogP) is 14.9. The molecule has 0 aliphatic heterocycles. The van der Waals surface area contributed by atoms with Gasteiger partial charge in [0, 0.05) is 19.3 Å². The number of carbonyl (C=O) groups excluding carboxylic acids is 3. The summed E-state index contributed by atoms with van der Waals surface area (Å²) < 4.78 is 16.7. The van der Waals surface area contributed by atoms with Gasteiger partial charge in [0.05, 0.1) is 0 Å². The van der Waals surface area contributed by atoms with Crippen molar-refractivity contribution in [2.24, 2.45) is 0 Å². The number of carbonyl (C=O) groups is 3. The van der Waals surface area contributed by atoms with E-state index in [0.717, 1.165) is 57.8 Å². The average molecular weight is 751 g/mol. The summed E-state index contributed by atoms with van der Waals surface area (Å²) in [7, 11) is 0. The van der Waals surface area contributed by atoms with Crippen molar-refractivity contribution in [3.8, 4) is 0 Å². The number of esters is 3. The van der Waals surface area contributed by atoms with Gasteiger partial charge in [-0.2, -0.15) is 0 Å². The van der Waals surface area contributed by atoms with Crippen LogP contribution in [-0.2, 0) is 28.6 Å². The van der Waals surface area contributed by atoms with E-state index >= 15 is 0 Å². The smallest absolute Gasteiger partial charge is 0.306 e. The minimum absolute atomic E-state index is 0.0625. The molecule has 0 amide bonds. The van der Waals surface area contributed by atoms with E-state index in [9.17, 15) is 14.4 Å². The van der Waals surface area contributed by atoms with Crippen LogP contribution in [0.4, 0.5) is 0 Å². The molecule has 0 radical (unpaired) electrons. The van der Waals surface area contributed by atoms with Gasteiger partial charge in [0.15, 0.2) is 6.10 Å². The van der Waals surface area contributed by atoms with Crippen molar-refractivity contribution in [2.75, 3.05) is 13.2 Å². The van der Waals surface area contributed by atoms with Gasteiger partial charge in [0.1, 0.15) is 13.2 Å². The van der Waals surface area contributed by atoms with Gasteiger partial charge in [-0.3, -0.25) is 14.4 Å². The fourth-order valence-electron chi connectivity index (χ4n) is 7.03. The Morgan fingerprint density at radius 3 is 0.755 bits per heavy atom. The fraction of sp³-hybridized carbons (Fsp3) is 0.936. The molecule has 1 atom stereocenters. The van der Waals surface area contributed by atoms with Crippen LogP contribution < -0.4 is 0 Å². The van der Waals surface area contributed by atoms with Gasteiger partial charge in [-0.25, -0.2) is 0 Å². The summed E-state index contributed by atoms with van der Waals surface area (Å²) in [6, 6.07) is 0. The summed E-state index contributed by atoms with van der Waals surface area (Å²) in [5.41, 5.74) is 0. The SMILES string of the molecule is CCCCCCCCCCCCCCCCC(=O)OCC(COC(=O)CCCCCCCCCCCC)OC(=O)CCCCCCCCCCCCC. The van der Waals surface area contributed by atoms with Crippen LogP contribution in [0.2, 0.25) is 0 Å². The lowest BCUT2D eigenvalue weighted by molar-refractivity contribution is -0.167. The highest BCUT2D eigenvalue weighted by Gasteiger charge is 2.19. The minimum atomic E-state index is -0.757. The summed E-state index contributed by atoms with van der Waals surface area (Å²) in [4.78, 5) is 37.7. The molecule has 0 aromatic heterocycles. The monoisotopic (exact) mass is 751 g/mol. The molecular weight excluding hydrogens is 661 g/mol. The Hall–Kier alpha value is -1.59. The van der Waals surface area contributed by atoms with Gasteiger partial charge in [-0.05, 0) is 19.3 Å². The zero-order valence-electron chi connectivity index (χ0n) is 35.8. The molecule has 0 fully saturated rings. The van der Waals surface area contributed by atoms with E-state index in [1.54, 1.807) is 0 Å². The topological polar surface area (TPSA) is 78.9 Å². The maximum Gasteiger partial charge on any atom is 0.306 e. The number of rotatable bonds is 43. The Morgan fingerprint density at radius 1 is 0.302 bits per heavy atom. The van der Waals surface area contributed by atoms with E-state index in [1.807, 2.05) is 0 Å². The van der Waals surface area contributed by atoms with Crippen molar-refractivity contribution in [1.82, 2.24) is 0 Å². The molecule has 0 rings (SSSR count). The Kier molecular flexibility index (Phi) is 41.8. The number of ether oxygens (including phenoxy) is 3. The van der Waals surface area contributed by atoms with Crippen LogP contribution in [0.15, 0.2) is 0 Å². The third-order valence-corrected chi connectivity index (χ3v) is 10.6. The molecule has 0 aromatic rings. The first-order valence-corrected chi connectivity index (χ1v) is 23.5. The molecule has 0 N–H and O–H groups in total. The molecule has 0 saturated carbocycles. The molecule has 1 unspecified atom stereocenters. The second kappa shape index (κ2) is 43.1. The maximum atomic E-state index is 12.7. The number of hydrogen-bond donors (Lipinski definition) is 0. The zero-order chi connectivity index (χ0) is 38.7. The van der Waals surface area contributed by atoms with Gasteiger partial charge < -0.3 is 14.2 Å². The second-order valence-corrected chi connectivity index (χ2v) is 16.0. The normalized spacial score (nSPS) is 11.8. The first-order chi connectivity index (χ1) is 26.0. The van der Waals surface area contributed by atoms with Crippen LogP contribution in [-0.4, -0.2) is 37.2 Å². The van der Waals surface area contributed by atoms with Crippen LogP contribution >= 0.6 is 0 Å². The molecule has 6 heteroatoms. The molecule has 0 aliphatic carbocycles. The van der Waals surface area contributed by atoms with Crippen molar-refractivity contribution < 1.29 is 28.6 Å². The standard InChI is InChI=1S/C47H90O6/c1-4-7-10-13-16-19-22-23-24-26-28-31-34-37-40-46(49)52-43-44(42-51-45(48)39-36-33-30-27-21-18-15-12-9-6-3)53-47(50)41-38-35-32-29-25-20-17-14-11-8-5-2/h44H,4-43H2,1-3H3. The lowest BCUT2D eigenvalue weighted by Crippen LogP contribution is -2.30. The molecule has 314 valence electrons. The first kappa shape index (κ1) is 51.4. The van der Waals surface area contributed by atoms with Crippen LogP contribution in [0.3, 0.4) is 0 Å². The summed E-state index contributed by atoms with van der Waals surface area (Å²) in [5.74, 6) is -0.851. The Morgan fingerprint density at radius 2 is 0.509 bits per heavy atom. The molecule has 0 bridgehead atoms. The summed E-state index contributed by atoms with van der Waals surface area (Å²) in [5, 5.41) is 0. The first-order valence-electron chi connectivity index (χ1n) is 23.5. The lowest BCUT2D eigenvalue weighted by Gasteiger charge is -2.18. The van der Waals surface area contributed by atoms with Crippen molar-refractivity contribution in [3.63, 3.8) is 0 Å². The van der Waals surface area contributed by atoms with E-state index in [4.69, 9.17) is 14.2 Å². The molecule has 0 saturated heterocycles. The summed E-state index contributed by atoms with van der Waals surface area (Å²) >= 11 is 0. The fourth-order valence-corrected chi connectivity index (χ4v) is 7.03. The van der Waals surface area contributed by atoms with E-state index in [-0.39, 0.29) is 31.1 Å². The Bertz CT molecular complexity index is 783. The van der Waals surface area contributed by atoms with Gasteiger partial charge in [0.25, 0.3) is 0 Å². The van der Waals surface area contributed by atoms with Gasteiger partial charge in [-0.1, -0.05) is 226 Å². The van der Waals surface area contributed by atoms with Crippen LogP contribution in [0.25, 0.3) is 0 Å². The maximum absolute atomic E-state index is 12.7. The highest BCUT2D eigenvalue weighted by atomic mass is 16.6. The average Bonchev–Trinajstić information content (AvgIpc) is 3.15. The summed E-state index contributed by atoms with van der Waals surface area (Å²) in [6.45, 7) is 6.64. The third kappa shape index (κ3) is 41.4. The lowest BCUT2D eigenvalue weighted by atomic mass is 10.0. The second-order valence-electron chi connectivity index (χ2n) is 16.0. The van der Waals surface area contributed by atoms with Crippen molar-refractivity contribution in [1.29, 1.82) is 0 Å². The molecule has 6 nitrogen and oxygen atoms in total. The van der Waals surface area contributed by atoms with E-state index in [2.05, 4.69) is 20.8 Å². The zero-order valence-corrected chi connectivity index (χ0v) is 35.8. The predicted molar refractivity (Wildman–Crippen MR) is 224 cm³/mol. The quantitative estimate of drug-likeness (QED) is 0.0351. The third-order valence-electron chi connectivity index (χ3n) is 10.6. The highest BCUT2D eigenvalue weighted by molar-refractivity contribution is 5.71. The highest BCUT2D eigenvalue weighted by Crippen LogP contribution is 2.16. The van der Waals surface area contributed by atoms with Gasteiger partial charge in [0.2, 0.25) is 0 Å². The Balaban J connectivity index is 4.30. The molecule has 0 aromatic carbocycles. The molecule has 53 heavy (non-hydrogen) atoms. The van der Waals surface area contributed by atoms with Gasteiger partial charge in [-0.15, -0.1) is 0 Å². The number of hydrogen-bond acceptors (Lipinski definition) is 6. The minimum Gasteiger partial charge on any atom is -0.462 e. The molecule has 0 aliphatic rings. The van der Waals surface area contributed by atoms with Crippen molar-refractivity contribution >= 4 is 17.9 Å². The largest absolute Gasteiger partial charge is 0.462 e. The van der Waals surface area contributed by atoms with E-state index in [1.165, 1.54) is 167 Å². The van der Waals surface area contributed by atoms with E-state index in [0.29, 0.717) is 19.3 Å². The van der Waals surface area contributed by atoms with Crippen LogP contribution in [0.5, 0.6) is 0 Å². The summed E-state index contributed by atoms with van der Waals surface area (Å²) in [6.07, 6.45) is 43.6. The van der Waals surface area contributed by atoms with Crippen molar-refractivity contribution in [2.45, 2.75) is 271 Å². The van der Waals surface area contributed by atoms with Crippen molar-refractivity contribution in [3.05, 3.63) is 0 Å².